The molecule has 16 heavy (non-hydrogen) atoms. The first-order valence-corrected chi connectivity index (χ1v) is 4.93. The molecule has 0 aliphatic carbocycles. The molecule has 0 spiro atoms. The number of hydrogen-bond acceptors (Lipinski definition) is 6. The van der Waals surface area contributed by atoms with Crippen LogP contribution in [0.15, 0.2) is 0 Å². The van der Waals surface area contributed by atoms with Crippen molar-refractivity contribution in [1.29, 1.82) is 0 Å². The highest BCUT2D eigenvalue weighted by molar-refractivity contribution is 6.02. The van der Waals surface area contributed by atoms with Gasteiger partial charge in [-0.1, -0.05) is 0 Å². The van der Waals surface area contributed by atoms with Crippen LogP contribution in [0.3, 0.4) is 0 Å². The molecule has 0 radical (unpaired) electrons. The second-order valence-corrected chi connectivity index (χ2v) is 3.43. The van der Waals surface area contributed by atoms with Crippen LogP contribution in [0.2, 0.25) is 0 Å². The number of nitrogens with two attached hydrogens (primary N) is 1. The molecule has 0 atom stereocenters. The highest BCUT2D eigenvalue weighted by Gasteiger charge is 2.24. The summed E-state index contributed by atoms with van der Waals surface area (Å²) in [5.74, 6) is 0.665. The summed E-state index contributed by atoms with van der Waals surface area (Å²) < 4.78 is 5.19. The van der Waals surface area contributed by atoms with E-state index in [1.807, 2.05) is 6.92 Å². The van der Waals surface area contributed by atoms with Gasteiger partial charge in [-0.15, -0.1) is 0 Å². The Morgan fingerprint density at radius 3 is 3.00 bits per heavy atom. The molecule has 2 heterocycles. The van der Waals surface area contributed by atoms with Crippen molar-refractivity contribution in [3.05, 3.63) is 0 Å². The summed E-state index contributed by atoms with van der Waals surface area (Å²) in [5, 5.41) is 2.64. The number of hydrogen-bond donors (Lipinski definition) is 2. The van der Waals surface area contributed by atoms with Gasteiger partial charge in [0, 0.05) is 7.05 Å². The maximum atomic E-state index is 11.3. The largest absolute Gasteiger partial charge is 0.464 e. The lowest BCUT2D eigenvalue weighted by atomic mass is 10.3. The van der Waals surface area contributed by atoms with Crippen LogP contribution < -0.4 is 20.7 Å². The van der Waals surface area contributed by atoms with Gasteiger partial charge in [-0.05, 0) is 6.92 Å². The highest BCUT2D eigenvalue weighted by Crippen LogP contribution is 2.32. The molecular weight excluding hydrogens is 210 g/mol. The predicted molar refractivity (Wildman–Crippen MR) is 59.5 cm³/mol. The Morgan fingerprint density at radius 1 is 1.56 bits per heavy atom. The van der Waals surface area contributed by atoms with Gasteiger partial charge in [0.1, 0.15) is 5.69 Å². The monoisotopic (exact) mass is 223 g/mol. The van der Waals surface area contributed by atoms with Crippen molar-refractivity contribution in [2.75, 3.05) is 36.1 Å². The van der Waals surface area contributed by atoms with E-state index in [0.29, 0.717) is 18.1 Å². The number of amides is 1. The zero-order valence-corrected chi connectivity index (χ0v) is 9.15. The van der Waals surface area contributed by atoms with Crippen molar-refractivity contribution < 1.29 is 9.53 Å². The number of ether oxygens (including phenoxy) is 1. The fraction of sp³-hybridized carbons (Fsp3) is 0.444. The Bertz CT molecular complexity index is 434. The van der Waals surface area contributed by atoms with E-state index in [1.54, 1.807) is 11.9 Å². The third-order valence-electron chi connectivity index (χ3n) is 2.18. The molecule has 1 aliphatic heterocycles. The summed E-state index contributed by atoms with van der Waals surface area (Å²) in [6, 6.07) is 0.224. The lowest BCUT2D eigenvalue weighted by Crippen LogP contribution is -2.36. The van der Waals surface area contributed by atoms with E-state index in [4.69, 9.17) is 10.5 Å². The first-order valence-electron chi connectivity index (χ1n) is 4.93. The summed E-state index contributed by atoms with van der Waals surface area (Å²) in [6.07, 6.45) is 0. The molecule has 7 heteroatoms. The fourth-order valence-corrected chi connectivity index (χ4v) is 1.50. The van der Waals surface area contributed by atoms with Crippen LogP contribution >= 0.6 is 0 Å². The molecule has 1 aromatic rings. The summed E-state index contributed by atoms with van der Waals surface area (Å²) >= 11 is 0. The minimum absolute atomic E-state index is 0.130. The summed E-state index contributed by atoms with van der Waals surface area (Å²) in [4.78, 5) is 21.1. The van der Waals surface area contributed by atoms with Crippen LogP contribution in [0.1, 0.15) is 6.92 Å². The Kier molecular flexibility index (Phi) is 2.51. The number of anilines is 3. The third kappa shape index (κ3) is 1.71. The minimum atomic E-state index is -0.130. The summed E-state index contributed by atoms with van der Waals surface area (Å²) in [5.41, 5.74) is 6.17. The van der Waals surface area contributed by atoms with Crippen LogP contribution in [-0.4, -0.2) is 36.1 Å². The van der Waals surface area contributed by atoms with E-state index < -0.39 is 0 Å². The lowest BCUT2D eigenvalue weighted by Gasteiger charge is -2.26. The number of nitrogens with one attached hydrogen (secondary N) is 1. The van der Waals surface area contributed by atoms with Gasteiger partial charge < -0.3 is 20.7 Å². The number of rotatable bonds is 2. The lowest BCUT2D eigenvalue weighted by molar-refractivity contribution is -0.115. The molecule has 7 nitrogen and oxygen atoms in total. The number of aromatic nitrogens is 2. The number of nitrogen functional groups attached to an aromatic ring is 1. The van der Waals surface area contributed by atoms with Gasteiger partial charge in [0.2, 0.25) is 5.91 Å². The number of likely N-dealkylation sites (N-methyl/N-ethyl adjacent to an activating group) is 1. The maximum Gasteiger partial charge on any atom is 0.320 e. The number of carbonyl (C=O) groups excluding carboxylic acids is 1. The van der Waals surface area contributed by atoms with E-state index >= 15 is 0 Å². The highest BCUT2D eigenvalue weighted by atomic mass is 16.5. The first kappa shape index (κ1) is 10.5. The van der Waals surface area contributed by atoms with Crippen molar-refractivity contribution in [2.24, 2.45) is 0 Å². The van der Waals surface area contributed by atoms with Crippen LogP contribution in [0.5, 0.6) is 6.01 Å². The van der Waals surface area contributed by atoms with Crippen molar-refractivity contribution in [3.63, 3.8) is 0 Å². The average molecular weight is 223 g/mol. The molecule has 1 amide bonds. The normalized spacial score (nSPS) is 14.4. The third-order valence-corrected chi connectivity index (χ3v) is 2.18. The summed E-state index contributed by atoms with van der Waals surface area (Å²) in [7, 11) is 1.76. The smallest absolute Gasteiger partial charge is 0.320 e. The molecule has 0 unspecified atom stereocenters. The van der Waals surface area contributed by atoms with Gasteiger partial charge in [-0.3, -0.25) is 4.79 Å². The maximum absolute atomic E-state index is 11.3. The molecule has 0 saturated heterocycles. The van der Waals surface area contributed by atoms with Crippen LogP contribution in [0.25, 0.3) is 0 Å². The van der Waals surface area contributed by atoms with E-state index in [-0.39, 0.29) is 24.3 Å². The fourth-order valence-electron chi connectivity index (χ4n) is 1.50. The van der Waals surface area contributed by atoms with Crippen molar-refractivity contribution in [2.45, 2.75) is 6.92 Å². The van der Waals surface area contributed by atoms with E-state index in [9.17, 15) is 4.79 Å². The number of nitrogens with zero attached hydrogens (tertiary/aromatic N) is 3. The SMILES string of the molecule is CCOc1nc(N)c2c(n1)N(C)CC(=O)N2. The van der Waals surface area contributed by atoms with Crippen molar-refractivity contribution >= 4 is 23.2 Å². The standard InChI is InChI=1S/C9H13N5O2/c1-3-16-9-12-7(10)6-8(13-9)14(2)4-5(15)11-6/h3-4H2,1-2H3,(H,11,15)(H2,10,12,13). The molecule has 0 bridgehead atoms. The molecule has 86 valence electrons. The topological polar surface area (TPSA) is 93.4 Å². The van der Waals surface area contributed by atoms with Gasteiger partial charge >= 0.3 is 6.01 Å². The second-order valence-electron chi connectivity index (χ2n) is 3.43. The molecule has 0 aromatic carbocycles. The van der Waals surface area contributed by atoms with Gasteiger partial charge in [-0.2, -0.15) is 9.97 Å². The van der Waals surface area contributed by atoms with Gasteiger partial charge in [0.15, 0.2) is 11.6 Å². The van der Waals surface area contributed by atoms with E-state index in [0.717, 1.165) is 0 Å². The van der Waals surface area contributed by atoms with E-state index in [1.165, 1.54) is 0 Å². The molecule has 0 fully saturated rings. The molecule has 1 aromatic heterocycles. The molecule has 2 rings (SSSR count). The Labute approximate surface area is 92.6 Å². The second kappa shape index (κ2) is 3.84. The zero-order chi connectivity index (χ0) is 11.7. The van der Waals surface area contributed by atoms with Crippen molar-refractivity contribution in [3.8, 4) is 6.01 Å². The molecule has 3 N–H and O–H groups in total. The van der Waals surface area contributed by atoms with Gasteiger partial charge in [0.25, 0.3) is 0 Å². The van der Waals surface area contributed by atoms with E-state index in [2.05, 4.69) is 15.3 Å². The number of carbonyl (C=O) groups is 1. The van der Waals surface area contributed by atoms with Gasteiger partial charge in [-0.25, -0.2) is 0 Å². The minimum Gasteiger partial charge on any atom is -0.464 e. The molecule has 1 aliphatic rings. The van der Waals surface area contributed by atoms with Crippen molar-refractivity contribution in [1.82, 2.24) is 9.97 Å². The first-order chi connectivity index (χ1) is 7.61. The summed E-state index contributed by atoms with van der Waals surface area (Å²) in [6.45, 7) is 2.55. The quantitative estimate of drug-likeness (QED) is 0.724. The number of fused-ring (bicyclic) bond motifs is 1. The van der Waals surface area contributed by atoms with Gasteiger partial charge in [0.05, 0.1) is 13.2 Å². The molecule has 0 saturated carbocycles. The van der Waals surface area contributed by atoms with Crippen LogP contribution in [0, 0.1) is 0 Å². The molecular formula is C9H13N5O2. The predicted octanol–water partition coefficient (Wildman–Crippen LogP) is -0.154. The van der Waals surface area contributed by atoms with Crippen LogP contribution in [-0.2, 0) is 4.79 Å². The Balaban J connectivity index is 2.46. The van der Waals surface area contributed by atoms with Crippen LogP contribution in [0.4, 0.5) is 17.3 Å². The Morgan fingerprint density at radius 2 is 2.31 bits per heavy atom. The zero-order valence-electron chi connectivity index (χ0n) is 9.15. The Hall–Kier alpha value is -2.05. The average Bonchev–Trinajstić information content (AvgIpc) is 2.20.